The summed E-state index contributed by atoms with van der Waals surface area (Å²) in [7, 11) is -4.42. The van der Waals surface area contributed by atoms with Crippen LogP contribution in [-0.2, 0) is 4.57 Å². The van der Waals surface area contributed by atoms with Crippen molar-refractivity contribution >= 4 is 13.6 Å². The van der Waals surface area contributed by atoms with Gasteiger partial charge in [-0.25, -0.2) is 8.96 Å². The number of hydrogen-bond acceptors (Lipinski definition) is 4. The van der Waals surface area contributed by atoms with Gasteiger partial charge >= 0.3 is 7.82 Å². The molecule has 0 aromatic heterocycles. The lowest BCUT2D eigenvalue weighted by Crippen LogP contribution is -2.06. The summed E-state index contributed by atoms with van der Waals surface area (Å²) in [5.41, 5.74) is 1.56. The smallest absolute Gasteiger partial charge is 0.395 e. The van der Waals surface area contributed by atoms with Gasteiger partial charge in [0.25, 0.3) is 0 Å². The molecule has 0 bridgehead atoms. The van der Waals surface area contributed by atoms with Crippen molar-refractivity contribution in [2.45, 2.75) is 13.8 Å². The van der Waals surface area contributed by atoms with E-state index in [1.165, 1.54) is 36.4 Å². The third-order valence-electron chi connectivity index (χ3n) is 4.03. The van der Waals surface area contributed by atoms with E-state index < -0.39 is 13.6 Å². The summed E-state index contributed by atoms with van der Waals surface area (Å²) in [4.78, 5) is 22.7. The summed E-state index contributed by atoms with van der Waals surface area (Å²) in [5, 5.41) is 0. The first-order chi connectivity index (χ1) is 13.2. The van der Waals surface area contributed by atoms with E-state index in [2.05, 4.69) is 0 Å². The molecule has 3 rings (SSSR count). The SMILES string of the molecule is Cc1cc(C(=O)c2cccc(F)c2)c(C)cc1OP(=O)(O)Oc1ccccc1. The number of ketones is 1. The highest BCUT2D eigenvalue weighted by Gasteiger charge is 2.26. The summed E-state index contributed by atoms with van der Waals surface area (Å²) in [5.74, 6) is -0.533. The van der Waals surface area contributed by atoms with E-state index in [-0.39, 0.29) is 22.8 Å². The second kappa shape index (κ2) is 7.97. The molecule has 0 fully saturated rings. The number of benzene rings is 3. The van der Waals surface area contributed by atoms with Crippen molar-refractivity contribution in [3.05, 3.63) is 94.8 Å². The lowest BCUT2D eigenvalue weighted by atomic mass is 9.97. The number of para-hydroxylation sites is 1. The van der Waals surface area contributed by atoms with Crippen molar-refractivity contribution in [3.8, 4) is 11.5 Å². The summed E-state index contributed by atoms with van der Waals surface area (Å²) < 4.78 is 35.9. The minimum Gasteiger partial charge on any atom is -0.395 e. The molecule has 0 aliphatic carbocycles. The highest BCUT2D eigenvalue weighted by molar-refractivity contribution is 7.48. The molecule has 0 radical (unpaired) electrons. The van der Waals surface area contributed by atoms with Gasteiger partial charge in [-0.1, -0.05) is 30.3 Å². The normalized spacial score (nSPS) is 12.9. The second-order valence-corrected chi connectivity index (χ2v) is 7.54. The molecule has 0 heterocycles. The van der Waals surface area contributed by atoms with Crippen LogP contribution in [0.5, 0.6) is 11.5 Å². The van der Waals surface area contributed by atoms with Crippen LogP contribution in [0.2, 0.25) is 0 Å². The fraction of sp³-hybridized carbons (Fsp3) is 0.0952. The van der Waals surface area contributed by atoms with E-state index in [0.717, 1.165) is 6.07 Å². The number of rotatable bonds is 6. The standard InChI is InChI=1S/C21H18FO5P/c1-14-12-20(27-28(24,25)26-18-9-4-3-5-10-18)15(2)11-19(14)21(23)16-7-6-8-17(22)13-16/h3-13H,1-2H3,(H,24,25). The van der Waals surface area contributed by atoms with Crippen molar-refractivity contribution in [3.63, 3.8) is 0 Å². The van der Waals surface area contributed by atoms with Gasteiger partial charge in [0.05, 0.1) is 0 Å². The fourth-order valence-corrected chi connectivity index (χ4v) is 3.55. The molecule has 0 aliphatic rings. The molecule has 1 N–H and O–H groups in total. The molecule has 0 amide bonds. The molecule has 0 saturated carbocycles. The summed E-state index contributed by atoms with van der Waals surface area (Å²) in [6.45, 7) is 3.30. The number of carbonyl (C=O) groups excluding carboxylic acids is 1. The van der Waals surface area contributed by atoms with Crippen molar-refractivity contribution in [1.82, 2.24) is 0 Å². The van der Waals surface area contributed by atoms with E-state index in [1.54, 1.807) is 38.1 Å². The van der Waals surface area contributed by atoms with Gasteiger partial charge in [-0.15, -0.1) is 0 Å². The molecule has 3 aromatic carbocycles. The zero-order valence-electron chi connectivity index (χ0n) is 15.3. The third-order valence-corrected chi connectivity index (χ3v) is 4.90. The van der Waals surface area contributed by atoms with Gasteiger partial charge in [0.1, 0.15) is 17.3 Å². The number of aryl methyl sites for hydroxylation is 2. The van der Waals surface area contributed by atoms with Crippen LogP contribution in [0.3, 0.4) is 0 Å². The molecule has 0 aliphatic heterocycles. The number of hydrogen-bond donors (Lipinski definition) is 1. The van der Waals surface area contributed by atoms with E-state index in [0.29, 0.717) is 16.7 Å². The molecule has 1 atom stereocenters. The molecule has 144 valence electrons. The highest BCUT2D eigenvalue weighted by atomic mass is 31.2. The van der Waals surface area contributed by atoms with Crippen LogP contribution >= 0.6 is 7.82 Å². The lowest BCUT2D eigenvalue weighted by Gasteiger charge is -2.17. The van der Waals surface area contributed by atoms with Gasteiger partial charge < -0.3 is 9.05 Å². The molecule has 1 unspecified atom stereocenters. The number of carbonyl (C=O) groups is 1. The minimum atomic E-state index is -4.42. The zero-order chi connectivity index (χ0) is 20.3. The molecule has 0 saturated heterocycles. The third kappa shape index (κ3) is 4.66. The van der Waals surface area contributed by atoms with Gasteiger partial charge in [0.2, 0.25) is 0 Å². The van der Waals surface area contributed by atoms with Crippen molar-refractivity contribution in [1.29, 1.82) is 0 Å². The Morgan fingerprint density at radius 2 is 1.64 bits per heavy atom. The Morgan fingerprint density at radius 1 is 0.929 bits per heavy atom. The molecule has 7 heteroatoms. The number of phosphoric ester groups is 1. The summed E-state index contributed by atoms with van der Waals surface area (Å²) in [6, 6.07) is 16.6. The Kier molecular flexibility index (Phi) is 5.63. The van der Waals surface area contributed by atoms with Crippen LogP contribution in [-0.4, -0.2) is 10.7 Å². The molecule has 5 nitrogen and oxygen atoms in total. The second-order valence-electron chi connectivity index (χ2n) is 6.24. The molecule has 0 spiro atoms. The minimum absolute atomic E-state index is 0.120. The van der Waals surface area contributed by atoms with Crippen molar-refractivity contribution in [2.75, 3.05) is 0 Å². The first kappa shape index (κ1) is 19.8. The van der Waals surface area contributed by atoms with E-state index >= 15 is 0 Å². The monoisotopic (exact) mass is 400 g/mol. The first-order valence-electron chi connectivity index (χ1n) is 8.44. The number of phosphoric acid groups is 1. The zero-order valence-corrected chi connectivity index (χ0v) is 16.2. The van der Waals surface area contributed by atoms with Crippen molar-refractivity contribution in [2.24, 2.45) is 0 Å². The van der Waals surface area contributed by atoms with E-state index in [4.69, 9.17) is 9.05 Å². The van der Waals surface area contributed by atoms with Gasteiger partial charge in [0, 0.05) is 11.1 Å². The largest absolute Gasteiger partial charge is 0.584 e. The number of halogens is 1. The average Bonchev–Trinajstić information content (AvgIpc) is 2.64. The highest BCUT2D eigenvalue weighted by Crippen LogP contribution is 2.45. The van der Waals surface area contributed by atoms with E-state index in [1.807, 2.05) is 0 Å². The Balaban J connectivity index is 1.85. The molecule has 3 aromatic rings. The maximum absolute atomic E-state index is 13.4. The van der Waals surface area contributed by atoms with Crippen molar-refractivity contribution < 1.29 is 27.7 Å². The van der Waals surface area contributed by atoms with Crippen LogP contribution in [0.25, 0.3) is 0 Å². The quantitative estimate of drug-likeness (QED) is 0.453. The molecular formula is C21H18FO5P. The average molecular weight is 400 g/mol. The van der Waals surface area contributed by atoms with Crippen LogP contribution in [0.1, 0.15) is 27.0 Å². The van der Waals surface area contributed by atoms with E-state index in [9.17, 15) is 18.6 Å². The fourth-order valence-electron chi connectivity index (χ4n) is 2.68. The summed E-state index contributed by atoms with van der Waals surface area (Å²) >= 11 is 0. The maximum atomic E-state index is 13.4. The molecular weight excluding hydrogens is 382 g/mol. The van der Waals surface area contributed by atoms with Gasteiger partial charge in [-0.05, 0) is 61.4 Å². The van der Waals surface area contributed by atoms with Gasteiger partial charge in [-0.2, -0.15) is 0 Å². The van der Waals surface area contributed by atoms with Gasteiger partial charge in [-0.3, -0.25) is 9.69 Å². The van der Waals surface area contributed by atoms with Crippen LogP contribution in [0.15, 0.2) is 66.7 Å². The Hall–Kier alpha value is -2.95. The predicted octanol–water partition coefficient (Wildman–Crippen LogP) is 5.23. The molecule has 28 heavy (non-hydrogen) atoms. The Labute approximate surface area is 162 Å². The van der Waals surface area contributed by atoms with Gasteiger partial charge in [0.15, 0.2) is 5.78 Å². The topological polar surface area (TPSA) is 72.8 Å². The lowest BCUT2D eigenvalue weighted by molar-refractivity contribution is 0.103. The summed E-state index contributed by atoms with van der Waals surface area (Å²) in [6.07, 6.45) is 0. The maximum Gasteiger partial charge on any atom is 0.584 e. The first-order valence-corrected chi connectivity index (χ1v) is 9.93. The Bertz CT molecular complexity index is 1070. The van der Waals surface area contributed by atoms with Crippen LogP contribution in [0, 0.1) is 19.7 Å². The van der Waals surface area contributed by atoms with Crippen LogP contribution < -0.4 is 9.05 Å². The predicted molar refractivity (Wildman–Crippen MR) is 103 cm³/mol. The van der Waals surface area contributed by atoms with Crippen LogP contribution in [0.4, 0.5) is 4.39 Å². The Morgan fingerprint density at radius 3 is 2.32 bits per heavy atom.